The highest BCUT2D eigenvalue weighted by molar-refractivity contribution is 6.31. The van der Waals surface area contributed by atoms with Crippen molar-refractivity contribution >= 4 is 22.5 Å². The molecule has 0 amide bonds. The summed E-state index contributed by atoms with van der Waals surface area (Å²) in [6, 6.07) is 14.4. The van der Waals surface area contributed by atoms with Crippen LogP contribution in [-0.2, 0) is 6.61 Å². The van der Waals surface area contributed by atoms with Gasteiger partial charge in [0, 0.05) is 22.5 Å². The first-order valence-corrected chi connectivity index (χ1v) is 7.60. The normalized spacial score (nSPS) is 11.3. The first-order valence-electron chi connectivity index (χ1n) is 7.22. The lowest BCUT2D eigenvalue weighted by molar-refractivity contribution is 0.291. The summed E-state index contributed by atoms with van der Waals surface area (Å²) in [5.41, 5.74) is 2.12. The van der Waals surface area contributed by atoms with Crippen LogP contribution in [0.25, 0.3) is 10.9 Å². The van der Waals surface area contributed by atoms with E-state index < -0.39 is 0 Å². The van der Waals surface area contributed by atoms with Crippen molar-refractivity contribution in [3.63, 3.8) is 0 Å². The first-order chi connectivity index (χ1) is 10.5. The molecule has 1 heterocycles. The Kier molecular flexibility index (Phi) is 4.08. The zero-order valence-electron chi connectivity index (χ0n) is 12.5. The topological polar surface area (TPSA) is 14.2 Å². The van der Waals surface area contributed by atoms with Crippen molar-refractivity contribution in [3.05, 3.63) is 65.1 Å². The van der Waals surface area contributed by atoms with E-state index in [0.29, 0.717) is 17.4 Å². The van der Waals surface area contributed by atoms with E-state index in [-0.39, 0.29) is 11.9 Å². The number of aromatic nitrogens is 1. The third kappa shape index (κ3) is 2.95. The Bertz CT molecular complexity index is 810. The van der Waals surface area contributed by atoms with E-state index in [1.807, 2.05) is 18.2 Å². The number of hydrogen-bond acceptors (Lipinski definition) is 1. The third-order valence-corrected chi connectivity index (χ3v) is 3.82. The predicted molar refractivity (Wildman–Crippen MR) is 88.1 cm³/mol. The van der Waals surface area contributed by atoms with E-state index in [9.17, 15) is 4.39 Å². The van der Waals surface area contributed by atoms with Gasteiger partial charge in [0.05, 0.1) is 11.2 Å². The van der Waals surface area contributed by atoms with Crippen molar-refractivity contribution in [2.75, 3.05) is 0 Å². The fraction of sp³-hybridized carbons (Fsp3) is 0.222. The van der Waals surface area contributed by atoms with E-state index in [0.717, 1.165) is 16.6 Å². The Labute approximate surface area is 134 Å². The average molecular weight is 318 g/mol. The minimum absolute atomic E-state index is 0.280. The maximum atomic E-state index is 13.2. The van der Waals surface area contributed by atoms with Crippen LogP contribution in [0, 0.1) is 5.82 Å². The molecule has 0 fully saturated rings. The SMILES string of the molecule is CC(C)n1c(COc2cccc(F)c2)cc2ccc(Cl)cc21. The van der Waals surface area contributed by atoms with Crippen LogP contribution < -0.4 is 4.74 Å². The number of nitrogens with zero attached hydrogens (tertiary/aromatic N) is 1. The molecule has 114 valence electrons. The van der Waals surface area contributed by atoms with Gasteiger partial charge in [0.1, 0.15) is 18.2 Å². The summed E-state index contributed by atoms with van der Waals surface area (Å²) in [7, 11) is 0. The van der Waals surface area contributed by atoms with Crippen LogP contribution in [0.1, 0.15) is 25.6 Å². The van der Waals surface area contributed by atoms with Crippen LogP contribution in [0.3, 0.4) is 0 Å². The van der Waals surface area contributed by atoms with Crippen LogP contribution in [0.4, 0.5) is 4.39 Å². The second-order valence-corrected chi connectivity index (χ2v) is 5.99. The van der Waals surface area contributed by atoms with Gasteiger partial charge in [-0.3, -0.25) is 0 Å². The molecule has 0 bridgehead atoms. The van der Waals surface area contributed by atoms with Gasteiger partial charge in [-0.2, -0.15) is 0 Å². The van der Waals surface area contributed by atoms with Gasteiger partial charge in [-0.15, -0.1) is 0 Å². The molecular formula is C18H17ClFNO. The smallest absolute Gasteiger partial charge is 0.128 e. The maximum Gasteiger partial charge on any atom is 0.128 e. The highest BCUT2D eigenvalue weighted by Gasteiger charge is 2.12. The van der Waals surface area contributed by atoms with Crippen molar-refractivity contribution in [1.82, 2.24) is 4.57 Å². The number of ether oxygens (including phenoxy) is 1. The lowest BCUT2D eigenvalue weighted by Crippen LogP contribution is -2.08. The summed E-state index contributed by atoms with van der Waals surface area (Å²) in [5, 5.41) is 1.83. The van der Waals surface area contributed by atoms with Gasteiger partial charge in [-0.1, -0.05) is 23.7 Å². The summed E-state index contributed by atoms with van der Waals surface area (Å²) >= 11 is 6.11. The molecule has 4 heteroatoms. The Morgan fingerprint density at radius 2 is 1.95 bits per heavy atom. The molecule has 22 heavy (non-hydrogen) atoms. The van der Waals surface area contributed by atoms with Crippen molar-refractivity contribution in [2.24, 2.45) is 0 Å². The van der Waals surface area contributed by atoms with Gasteiger partial charge in [-0.05, 0) is 44.2 Å². The second kappa shape index (κ2) is 6.01. The molecule has 2 aromatic carbocycles. The number of fused-ring (bicyclic) bond motifs is 1. The molecule has 0 spiro atoms. The van der Waals surface area contributed by atoms with E-state index in [1.165, 1.54) is 12.1 Å². The van der Waals surface area contributed by atoms with Crippen LogP contribution >= 0.6 is 11.6 Å². The van der Waals surface area contributed by atoms with Gasteiger partial charge in [-0.25, -0.2) is 4.39 Å². The Balaban J connectivity index is 1.94. The van der Waals surface area contributed by atoms with Gasteiger partial charge in [0.15, 0.2) is 0 Å². The molecule has 0 unspecified atom stereocenters. The molecule has 2 nitrogen and oxygen atoms in total. The molecule has 0 aliphatic heterocycles. The minimum Gasteiger partial charge on any atom is -0.487 e. The Hall–Kier alpha value is -2.00. The maximum absolute atomic E-state index is 13.2. The van der Waals surface area contributed by atoms with Crippen LogP contribution in [0.15, 0.2) is 48.5 Å². The highest BCUT2D eigenvalue weighted by Crippen LogP contribution is 2.27. The van der Waals surface area contributed by atoms with E-state index >= 15 is 0 Å². The predicted octanol–water partition coefficient (Wildman–Crippen LogP) is 5.59. The summed E-state index contributed by atoms with van der Waals surface area (Å²) in [5.74, 6) is 0.229. The fourth-order valence-corrected chi connectivity index (χ4v) is 2.85. The summed E-state index contributed by atoms with van der Waals surface area (Å²) < 4.78 is 21.1. The molecule has 0 atom stereocenters. The Morgan fingerprint density at radius 3 is 2.68 bits per heavy atom. The summed E-state index contributed by atoms with van der Waals surface area (Å²) in [6.45, 7) is 4.62. The Morgan fingerprint density at radius 1 is 1.14 bits per heavy atom. The molecule has 0 saturated heterocycles. The van der Waals surface area contributed by atoms with Gasteiger partial charge in [0.2, 0.25) is 0 Å². The van der Waals surface area contributed by atoms with Crippen LogP contribution in [0.5, 0.6) is 5.75 Å². The lowest BCUT2D eigenvalue weighted by Gasteiger charge is -2.15. The number of hydrogen-bond donors (Lipinski definition) is 0. The van der Waals surface area contributed by atoms with E-state index in [2.05, 4.69) is 24.5 Å². The monoisotopic (exact) mass is 317 g/mol. The summed E-state index contributed by atoms with van der Waals surface area (Å²) in [4.78, 5) is 0. The summed E-state index contributed by atoms with van der Waals surface area (Å²) in [6.07, 6.45) is 0. The zero-order valence-corrected chi connectivity index (χ0v) is 13.3. The second-order valence-electron chi connectivity index (χ2n) is 5.55. The van der Waals surface area contributed by atoms with E-state index in [1.54, 1.807) is 12.1 Å². The molecule has 0 N–H and O–H groups in total. The van der Waals surface area contributed by atoms with Crippen LogP contribution in [0.2, 0.25) is 5.02 Å². The molecule has 0 aliphatic carbocycles. The van der Waals surface area contributed by atoms with Crippen molar-refractivity contribution in [3.8, 4) is 5.75 Å². The molecule has 0 radical (unpaired) electrons. The first kappa shape index (κ1) is 14.9. The number of benzene rings is 2. The van der Waals surface area contributed by atoms with Crippen molar-refractivity contribution in [1.29, 1.82) is 0 Å². The van der Waals surface area contributed by atoms with Gasteiger partial charge in [0.25, 0.3) is 0 Å². The molecule has 0 saturated carbocycles. The average Bonchev–Trinajstić information content (AvgIpc) is 2.83. The van der Waals surface area contributed by atoms with Crippen molar-refractivity contribution in [2.45, 2.75) is 26.5 Å². The zero-order chi connectivity index (χ0) is 15.7. The van der Waals surface area contributed by atoms with Crippen LogP contribution in [-0.4, -0.2) is 4.57 Å². The molecule has 0 aliphatic rings. The fourth-order valence-electron chi connectivity index (χ4n) is 2.69. The lowest BCUT2D eigenvalue weighted by atomic mass is 10.2. The molecule has 3 aromatic rings. The van der Waals surface area contributed by atoms with Gasteiger partial charge < -0.3 is 9.30 Å². The number of rotatable bonds is 4. The minimum atomic E-state index is -0.298. The third-order valence-electron chi connectivity index (χ3n) is 3.58. The van der Waals surface area contributed by atoms with Crippen molar-refractivity contribution < 1.29 is 9.13 Å². The molecular weight excluding hydrogens is 301 g/mol. The van der Waals surface area contributed by atoms with E-state index in [4.69, 9.17) is 16.3 Å². The van der Waals surface area contributed by atoms with Gasteiger partial charge >= 0.3 is 0 Å². The largest absolute Gasteiger partial charge is 0.487 e. The highest BCUT2D eigenvalue weighted by atomic mass is 35.5. The number of halogens is 2. The standard InChI is InChI=1S/C18H17ClFNO/c1-12(2)21-16(8-13-6-7-14(19)9-18(13)21)11-22-17-5-3-4-15(20)10-17/h3-10,12H,11H2,1-2H3. The molecule has 1 aromatic heterocycles. The quantitative estimate of drug-likeness (QED) is 0.611. The molecule has 3 rings (SSSR count).